The van der Waals surface area contributed by atoms with Crippen LogP contribution in [0.5, 0.6) is 5.75 Å². The lowest BCUT2D eigenvalue weighted by Crippen LogP contribution is -2.25. The SMILES string of the molecule is Cc1ccc(COc2c(Cl)cc(C=Nn3c(C4CCCCC4)nc4ccc(Br)cc4c3=O)cc2[N+](=O)[O-])cc1. The zero-order chi connectivity index (χ0) is 27.5. The van der Waals surface area contributed by atoms with E-state index >= 15 is 0 Å². The zero-order valence-corrected chi connectivity index (χ0v) is 23.6. The normalized spacial score (nSPS) is 14.2. The molecule has 4 aromatic rings. The first kappa shape index (κ1) is 27.0. The van der Waals surface area contributed by atoms with E-state index in [4.69, 9.17) is 21.3 Å². The molecule has 39 heavy (non-hydrogen) atoms. The van der Waals surface area contributed by atoms with Crippen molar-refractivity contribution in [2.75, 3.05) is 0 Å². The number of benzene rings is 3. The highest BCUT2D eigenvalue weighted by atomic mass is 79.9. The van der Waals surface area contributed by atoms with Crippen LogP contribution < -0.4 is 10.3 Å². The van der Waals surface area contributed by atoms with E-state index in [1.165, 1.54) is 17.0 Å². The average molecular weight is 610 g/mol. The molecule has 10 heteroatoms. The first-order valence-electron chi connectivity index (χ1n) is 12.7. The van der Waals surface area contributed by atoms with Gasteiger partial charge in [-0.3, -0.25) is 14.9 Å². The molecule has 200 valence electrons. The Morgan fingerprint density at radius 3 is 2.62 bits per heavy atom. The van der Waals surface area contributed by atoms with Crippen molar-refractivity contribution in [1.29, 1.82) is 0 Å². The van der Waals surface area contributed by atoms with Crippen molar-refractivity contribution < 1.29 is 9.66 Å². The Morgan fingerprint density at radius 2 is 1.90 bits per heavy atom. The van der Waals surface area contributed by atoms with E-state index in [-0.39, 0.29) is 34.5 Å². The molecule has 0 unspecified atom stereocenters. The summed E-state index contributed by atoms with van der Waals surface area (Å²) in [6, 6.07) is 16.0. The standard InChI is InChI=1S/C29H26BrClN4O4/c1-18-7-9-19(10-8-18)17-39-27-24(31)13-20(14-26(27)35(37)38)16-32-34-28(21-5-3-2-4-6-21)33-25-12-11-22(30)15-23(25)29(34)36/h7-16,21H,2-6,17H2,1H3. The second-order valence-corrected chi connectivity index (χ2v) is 11.0. The number of nitro groups is 1. The molecule has 8 nitrogen and oxygen atoms in total. The average Bonchev–Trinajstić information content (AvgIpc) is 2.93. The molecule has 5 rings (SSSR count). The third-order valence-corrected chi connectivity index (χ3v) is 7.65. The number of aryl methyl sites for hydroxylation is 1. The molecule has 1 saturated carbocycles. The van der Waals surface area contributed by atoms with E-state index in [2.05, 4.69) is 21.0 Å². The molecule has 1 heterocycles. The Bertz CT molecular complexity index is 1630. The van der Waals surface area contributed by atoms with Gasteiger partial charge in [-0.1, -0.05) is 76.6 Å². The van der Waals surface area contributed by atoms with Gasteiger partial charge < -0.3 is 4.74 Å². The Balaban J connectivity index is 1.52. The lowest BCUT2D eigenvalue weighted by molar-refractivity contribution is -0.385. The van der Waals surface area contributed by atoms with Gasteiger partial charge in [0.1, 0.15) is 12.4 Å². The highest BCUT2D eigenvalue weighted by molar-refractivity contribution is 9.10. The highest BCUT2D eigenvalue weighted by Gasteiger charge is 2.23. The van der Waals surface area contributed by atoms with Crippen LogP contribution in [0, 0.1) is 17.0 Å². The minimum Gasteiger partial charge on any atom is -0.481 e. The van der Waals surface area contributed by atoms with Crippen molar-refractivity contribution in [3.05, 3.63) is 107 Å². The molecule has 0 saturated heterocycles. The summed E-state index contributed by atoms with van der Waals surface area (Å²) in [5, 5.41) is 16.9. The lowest BCUT2D eigenvalue weighted by Gasteiger charge is -2.22. The monoisotopic (exact) mass is 608 g/mol. The molecule has 0 aliphatic heterocycles. The van der Waals surface area contributed by atoms with Crippen LogP contribution in [0.2, 0.25) is 5.02 Å². The fourth-order valence-corrected chi connectivity index (χ4v) is 5.46. The van der Waals surface area contributed by atoms with Crippen LogP contribution in [-0.4, -0.2) is 20.8 Å². The Labute approximate surface area is 238 Å². The van der Waals surface area contributed by atoms with E-state index in [9.17, 15) is 14.9 Å². The zero-order valence-electron chi connectivity index (χ0n) is 21.3. The van der Waals surface area contributed by atoms with E-state index in [0.29, 0.717) is 22.3 Å². The minimum atomic E-state index is -0.539. The van der Waals surface area contributed by atoms with Crippen molar-refractivity contribution >= 4 is 50.3 Å². The number of rotatable bonds is 7. The van der Waals surface area contributed by atoms with Crippen molar-refractivity contribution in [2.45, 2.75) is 51.6 Å². The van der Waals surface area contributed by atoms with Gasteiger partial charge in [0.25, 0.3) is 5.56 Å². The van der Waals surface area contributed by atoms with Crippen molar-refractivity contribution in [2.24, 2.45) is 5.10 Å². The maximum atomic E-state index is 13.5. The molecule has 0 radical (unpaired) electrons. The van der Waals surface area contributed by atoms with Gasteiger partial charge >= 0.3 is 5.69 Å². The van der Waals surface area contributed by atoms with E-state index in [1.54, 1.807) is 12.1 Å². The summed E-state index contributed by atoms with van der Waals surface area (Å²) >= 11 is 9.88. The van der Waals surface area contributed by atoms with Gasteiger partial charge in [0.2, 0.25) is 5.75 Å². The molecule has 1 aromatic heterocycles. The molecular weight excluding hydrogens is 584 g/mol. The van der Waals surface area contributed by atoms with Crippen LogP contribution in [-0.2, 0) is 6.61 Å². The van der Waals surface area contributed by atoms with Gasteiger partial charge in [-0.25, -0.2) is 4.98 Å². The molecule has 0 spiro atoms. The maximum absolute atomic E-state index is 13.5. The van der Waals surface area contributed by atoms with Gasteiger partial charge in [-0.05, 0) is 49.6 Å². The number of fused-ring (bicyclic) bond motifs is 1. The summed E-state index contributed by atoms with van der Waals surface area (Å²) < 4.78 is 7.85. The fraction of sp³-hybridized carbons (Fsp3) is 0.276. The number of hydrogen-bond donors (Lipinski definition) is 0. The van der Waals surface area contributed by atoms with Crippen LogP contribution in [0.15, 0.2) is 69.0 Å². The molecule has 0 amide bonds. The predicted molar refractivity (Wildman–Crippen MR) is 156 cm³/mol. The van der Waals surface area contributed by atoms with E-state index < -0.39 is 4.92 Å². The maximum Gasteiger partial charge on any atom is 0.313 e. The molecule has 1 fully saturated rings. The van der Waals surface area contributed by atoms with Crippen molar-refractivity contribution in [1.82, 2.24) is 9.66 Å². The van der Waals surface area contributed by atoms with Gasteiger partial charge in [-0.15, -0.1) is 0 Å². The van der Waals surface area contributed by atoms with Crippen LogP contribution in [0.4, 0.5) is 5.69 Å². The third-order valence-electron chi connectivity index (χ3n) is 6.87. The third kappa shape index (κ3) is 6.04. The van der Waals surface area contributed by atoms with Gasteiger partial charge in [-0.2, -0.15) is 9.78 Å². The number of nitrogens with zero attached hydrogens (tertiary/aromatic N) is 4. The largest absolute Gasteiger partial charge is 0.481 e. The summed E-state index contributed by atoms with van der Waals surface area (Å²) in [5.41, 5.74) is 2.37. The summed E-state index contributed by atoms with van der Waals surface area (Å²) in [7, 11) is 0. The van der Waals surface area contributed by atoms with Crippen LogP contribution in [0.3, 0.4) is 0 Å². The first-order chi connectivity index (χ1) is 18.8. The molecule has 1 aliphatic rings. The smallest absolute Gasteiger partial charge is 0.313 e. The van der Waals surface area contributed by atoms with Gasteiger partial charge in [0.05, 0.1) is 27.1 Å². The summed E-state index contributed by atoms with van der Waals surface area (Å²) in [6.45, 7) is 2.11. The molecule has 3 aromatic carbocycles. The Morgan fingerprint density at radius 1 is 1.15 bits per heavy atom. The summed E-state index contributed by atoms with van der Waals surface area (Å²) in [5.74, 6) is 0.688. The van der Waals surface area contributed by atoms with E-state index in [0.717, 1.165) is 47.7 Å². The van der Waals surface area contributed by atoms with Gasteiger partial charge in [0, 0.05) is 22.0 Å². The molecular formula is C29H26BrClN4O4. The second-order valence-electron chi connectivity index (χ2n) is 9.71. The molecule has 0 bridgehead atoms. The van der Waals surface area contributed by atoms with Crippen LogP contribution >= 0.6 is 27.5 Å². The van der Waals surface area contributed by atoms with Gasteiger partial charge in [0.15, 0.2) is 0 Å². The fourth-order valence-electron chi connectivity index (χ4n) is 4.82. The van der Waals surface area contributed by atoms with Crippen LogP contribution in [0.1, 0.15) is 60.5 Å². The predicted octanol–water partition coefficient (Wildman–Crippen LogP) is 7.54. The topological polar surface area (TPSA) is 99.6 Å². The highest BCUT2D eigenvalue weighted by Crippen LogP contribution is 2.37. The first-order valence-corrected chi connectivity index (χ1v) is 13.9. The number of nitro benzene ring substituents is 1. The molecule has 1 aliphatic carbocycles. The second kappa shape index (κ2) is 11.7. The molecule has 0 N–H and O–H groups in total. The Kier molecular flexibility index (Phi) is 8.09. The van der Waals surface area contributed by atoms with Crippen molar-refractivity contribution in [3.63, 3.8) is 0 Å². The number of halogens is 2. The summed E-state index contributed by atoms with van der Waals surface area (Å²) in [6.07, 6.45) is 6.54. The minimum absolute atomic E-state index is 0.0170. The number of ether oxygens (including phenoxy) is 1. The van der Waals surface area contributed by atoms with Crippen LogP contribution in [0.25, 0.3) is 10.9 Å². The molecule has 0 atom stereocenters. The van der Waals surface area contributed by atoms with E-state index in [1.807, 2.05) is 43.3 Å². The number of aromatic nitrogens is 2. The lowest BCUT2D eigenvalue weighted by atomic mass is 9.88. The Hall–Kier alpha value is -3.56. The summed E-state index contributed by atoms with van der Waals surface area (Å²) in [4.78, 5) is 29.7. The number of hydrogen-bond acceptors (Lipinski definition) is 6. The van der Waals surface area contributed by atoms with Crippen molar-refractivity contribution in [3.8, 4) is 5.75 Å². The quantitative estimate of drug-likeness (QED) is 0.122.